The Balaban J connectivity index is 2.26. The van der Waals surface area contributed by atoms with Gasteiger partial charge in [0.2, 0.25) is 5.95 Å². The smallest absolute Gasteiger partial charge is 0.275 e. The maximum absolute atomic E-state index is 12.2. The van der Waals surface area contributed by atoms with Gasteiger partial charge >= 0.3 is 6.03 Å². The molecule has 0 aliphatic carbocycles. The molecule has 1 aromatic heterocycles. The van der Waals surface area contributed by atoms with Crippen LogP contribution in [-0.2, 0) is 10.0 Å². The largest absolute Gasteiger partial charge is 0.335 e. The van der Waals surface area contributed by atoms with Gasteiger partial charge in [-0.25, -0.2) is 22.9 Å². The summed E-state index contributed by atoms with van der Waals surface area (Å²) in [6.07, 6.45) is 1.64. The van der Waals surface area contributed by atoms with Crippen LogP contribution in [-0.4, -0.2) is 35.7 Å². The second kappa shape index (κ2) is 8.64. The molecule has 0 atom stereocenters. The molecule has 2 N–H and O–H groups in total. The van der Waals surface area contributed by atoms with E-state index in [4.69, 9.17) is 22.1 Å². The molecule has 0 spiro atoms. The number of sulfonamides is 1. The van der Waals surface area contributed by atoms with E-state index in [1.165, 1.54) is 18.2 Å². The first kappa shape index (κ1) is 20.4. The molecule has 0 fully saturated rings. The van der Waals surface area contributed by atoms with Gasteiger partial charge in [0, 0.05) is 0 Å². The van der Waals surface area contributed by atoms with E-state index in [9.17, 15) is 13.2 Å². The Morgan fingerprint density at radius 2 is 1.89 bits per heavy atom. The fourth-order valence-corrected chi connectivity index (χ4v) is 3.55. The van der Waals surface area contributed by atoms with E-state index >= 15 is 0 Å². The molecule has 10 nitrogen and oxygen atoms in total. The highest BCUT2D eigenvalue weighted by Gasteiger charge is 2.22. The second-order valence-electron chi connectivity index (χ2n) is 4.69. The molecule has 2 rings (SSSR count). The summed E-state index contributed by atoms with van der Waals surface area (Å²) < 4.78 is 26.3. The minimum atomic E-state index is -4.24. The lowest BCUT2D eigenvalue weighted by Crippen LogP contribution is -2.35. The van der Waals surface area contributed by atoms with Gasteiger partial charge in [0.25, 0.3) is 10.0 Å². The predicted molar refractivity (Wildman–Crippen MR) is 96.4 cm³/mol. The van der Waals surface area contributed by atoms with Crippen LogP contribution in [0.15, 0.2) is 34.3 Å². The Bertz CT molecular complexity index is 1050. The molecule has 0 unspecified atom stereocenters. The summed E-state index contributed by atoms with van der Waals surface area (Å²) in [7, 11) is -4.24. The summed E-state index contributed by atoms with van der Waals surface area (Å²) in [6, 6.07) is 7.84. The number of nitrogens with zero attached hydrogens (tertiary/aromatic N) is 5. The number of urea groups is 1. The van der Waals surface area contributed by atoms with Gasteiger partial charge < -0.3 is 0 Å². The highest BCUT2D eigenvalue weighted by molar-refractivity contribution is 7.98. The first-order chi connectivity index (χ1) is 12.8. The highest BCUT2D eigenvalue weighted by atomic mass is 35.5. The monoisotopic (exact) mass is 423 g/mol. The number of carbonyl (C=O) groups excluding carboxylic acids is 1. The van der Waals surface area contributed by atoms with Crippen molar-refractivity contribution in [2.75, 3.05) is 11.6 Å². The third-order valence-electron chi connectivity index (χ3n) is 2.91. The van der Waals surface area contributed by atoms with Gasteiger partial charge in [-0.2, -0.15) is 20.5 Å². The van der Waals surface area contributed by atoms with Gasteiger partial charge in [0.15, 0.2) is 16.9 Å². The van der Waals surface area contributed by atoms with E-state index in [1.807, 2.05) is 0 Å². The van der Waals surface area contributed by atoms with Crippen LogP contribution in [0.4, 0.5) is 10.7 Å². The number of nitrogens with one attached hydrogen (secondary N) is 2. The van der Waals surface area contributed by atoms with Gasteiger partial charge in [-0.3, -0.25) is 5.32 Å². The molecule has 0 aliphatic heterocycles. The average molecular weight is 424 g/mol. The van der Waals surface area contributed by atoms with Crippen LogP contribution in [0.25, 0.3) is 0 Å². The number of benzene rings is 1. The Morgan fingerprint density at radius 1 is 1.22 bits per heavy atom. The number of hydrogen-bond acceptors (Lipinski definition) is 9. The fraction of sp³-hybridized carbons (Fsp3) is 0.143. The Labute approximate surface area is 163 Å². The molecule has 0 bridgehead atoms. The third-order valence-corrected chi connectivity index (χ3v) is 5.29. The van der Waals surface area contributed by atoms with Crippen LogP contribution in [0.5, 0.6) is 0 Å². The number of halogens is 1. The van der Waals surface area contributed by atoms with E-state index in [0.29, 0.717) is 0 Å². The Kier molecular flexibility index (Phi) is 6.52. The van der Waals surface area contributed by atoms with E-state index in [2.05, 4.69) is 20.3 Å². The van der Waals surface area contributed by atoms with Gasteiger partial charge in [0.05, 0.1) is 17.2 Å². The number of amides is 2. The van der Waals surface area contributed by atoms with Crippen molar-refractivity contribution < 1.29 is 13.2 Å². The van der Waals surface area contributed by atoms with E-state index < -0.39 is 22.0 Å². The number of thioether (sulfide) groups is 1. The van der Waals surface area contributed by atoms with Crippen LogP contribution >= 0.6 is 23.4 Å². The van der Waals surface area contributed by atoms with Crippen molar-refractivity contribution >= 4 is 45.4 Å². The van der Waals surface area contributed by atoms with Crippen molar-refractivity contribution in [2.24, 2.45) is 0 Å². The topological polar surface area (TPSA) is 162 Å². The molecule has 2 amide bonds. The number of anilines is 1. The molecule has 1 heterocycles. The zero-order valence-corrected chi connectivity index (χ0v) is 15.9. The van der Waals surface area contributed by atoms with Crippen LogP contribution in [0.2, 0.25) is 5.02 Å². The predicted octanol–water partition coefficient (Wildman–Crippen LogP) is 1.89. The first-order valence-electron chi connectivity index (χ1n) is 6.98. The summed E-state index contributed by atoms with van der Waals surface area (Å²) in [4.78, 5) is 23.4. The van der Waals surface area contributed by atoms with Crippen molar-refractivity contribution in [3.05, 3.63) is 35.1 Å². The van der Waals surface area contributed by atoms with Crippen molar-refractivity contribution in [2.45, 2.75) is 16.0 Å². The zero-order chi connectivity index (χ0) is 20.0. The summed E-state index contributed by atoms with van der Waals surface area (Å²) in [5.74, 6) is -1.75. The minimum absolute atomic E-state index is 0.0594. The molecular weight excluding hydrogens is 414 g/mol. The van der Waals surface area contributed by atoms with Gasteiger partial charge in [0.1, 0.15) is 4.90 Å². The van der Waals surface area contributed by atoms with Crippen molar-refractivity contribution in [1.29, 1.82) is 10.5 Å². The summed E-state index contributed by atoms with van der Waals surface area (Å²) >= 11 is 6.92. The fourth-order valence-electron chi connectivity index (χ4n) is 1.76. The number of rotatable bonds is 5. The van der Waals surface area contributed by atoms with E-state index in [1.54, 1.807) is 29.2 Å². The molecule has 0 saturated heterocycles. The van der Waals surface area contributed by atoms with Crippen LogP contribution in [0.1, 0.15) is 11.7 Å². The Hall–Kier alpha value is -2.93. The van der Waals surface area contributed by atoms with Crippen molar-refractivity contribution in [3.63, 3.8) is 0 Å². The van der Waals surface area contributed by atoms with Crippen molar-refractivity contribution in [1.82, 2.24) is 19.7 Å². The normalized spacial score (nSPS) is 10.7. The highest BCUT2D eigenvalue weighted by Crippen LogP contribution is 2.20. The molecule has 27 heavy (non-hydrogen) atoms. The first-order valence-corrected chi connectivity index (χ1v) is 10.1. The molecule has 0 saturated carbocycles. The van der Waals surface area contributed by atoms with Crippen LogP contribution in [0.3, 0.4) is 0 Å². The number of carbonyl (C=O) groups is 1. The summed E-state index contributed by atoms with van der Waals surface area (Å²) in [5.41, 5.74) is 0. The van der Waals surface area contributed by atoms with Crippen molar-refractivity contribution in [3.8, 4) is 12.1 Å². The van der Waals surface area contributed by atoms with Crippen LogP contribution in [0, 0.1) is 22.7 Å². The van der Waals surface area contributed by atoms with Gasteiger partial charge in [-0.15, -0.1) is 0 Å². The molecule has 2 aromatic rings. The molecule has 138 valence electrons. The summed E-state index contributed by atoms with van der Waals surface area (Å²) in [6.45, 7) is 0. The van der Waals surface area contributed by atoms with Gasteiger partial charge in [-0.1, -0.05) is 35.5 Å². The molecule has 1 aromatic carbocycles. The SMILES string of the molecule is CSc1nc(NC(=O)NS(=O)(=O)c2ccccc2Cl)nc(C(C#N)C#N)n1. The maximum Gasteiger partial charge on any atom is 0.335 e. The van der Waals surface area contributed by atoms with E-state index in [-0.39, 0.29) is 26.8 Å². The standard InChI is InChI=1S/C14H10ClN7O3S2/c1-26-14-19-11(8(6-16)7-17)18-12(21-14)20-13(23)22-27(24,25)10-5-3-2-4-9(10)15/h2-5,8H,1H3,(H2,18,19,20,21,22,23). The summed E-state index contributed by atoms with van der Waals surface area (Å²) in [5, 5.41) is 20.1. The number of aromatic nitrogens is 3. The minimum Gasteiger partial charge on any atom is -0.275 e. The van der Waals surface area contributed by atoms with Gasteiger partial charge in [-0.05, 0) is 18.4 Å². The number of nitriles is 2. The molecule has 13 heteroatoms. The lowest BCUT2D eigenvalue weighted by Gasteiger charge is -2.10. The molecule has 0 aliphatic rings. The lowest BCUT2D eigenvalue weighted by molar-refractivity contribution is 0.256. The van der Waals surface area contributed by atoms with Crippen LogP contribution < -0.4 is 10.0 Å². The molecule has 0 radical (unpaired) electrons. The number of hydrogen-bond donors (Lipinski definition) is 2. The lowest BCUT2D eigenvalue weighted by atomic mass is 10.2. The Morgan fingerprint density at radius 3 is 2.48 bits per heavy atom. The average Bonchev–Trinajstić information content (AvgIpc) is 2.62. The second-order valence-corrected chi connectivity index (χ2v) is 7.52. The third kappa shape index (κ3) is 5.04. The van der Waals surface area contributed by atoms with E-state index in [0.717, 1.165) is 11.8 Å². The quantitative estimate of drug-likeness (QED) is 0.683. The molecular formula is C14H10ClN7O3S2. The maximum atomic E-state index is 12.2. The zero-order valence-electron chi connectivity index (χ0n) is 13.5.